The predicted octanol–water partition coefficient (Wildman–Crippen LogP) is 5.52. The van der Waals surface area contributed by atoms with Gasteiger partial charge in [0.15, 0.2) is 0 Å². The monoisotopic (exact) mass is 511 g/mol. The van der Waals surface area contributed by atoms with E-state index < -0.39 is 11.2 Å². The van der Waals surface area contributed by atoms with Gasteiger partial charge >= 0.3 is 0 Å². The van der Waals surface area contributed by atoms with Gasteiger partial charge in [0.1, 0.15) is 11.0 Å². The number of nitrogens with one attached hydrogen (secondary N) is 2. The first-order valence-corrected chi connectivity index (χ1v) is 12.3. The highest BCUT2D eigenvalue weighted by molar-refractivity contribution is 8.00. The van der Waals surface area contributed by atoms with Crippen molar-refractivity contribution in [2.24, 2.45) is 5.73 Å². The molecule has 4 aromatic rings. The summed E-state index contributed by atoms with van der Waals surface area (Å²) in [6.45, 7) is 0. The lowest BCUT2D eigenvalue weighted by atomic mass is 10.1. The number of rotatable bonds is 9. The van der Waals surface area contributed by atoms with Gasteiger partial charge in [0.25, 0.3) is 11.8 Å². The number of thioether (sulfide) groups is 1. The number of para-hydroxylation sites is 1. The molecular weight excluding hydrogens is 486 g/mol. The largest absolute Gasteiger partial charge is 0.497 e. The van der Waals surface area contributed by atoms with E-state index in [0.717, 1.165) is 10.5 Å². The van der Waals surface area contributed by atoms with Crippen LogP contribution in [-0.2, 0) is 4.79 Å². The SMILES string of the molecule is COc1cccc(C(=O)Nc2cccc(SC(C(=O)Nc3ccccc3C(N)=O)c3ccccc3)c2)c1. The number of amides is 3. The van der Waals surface area contributed by atoms with Gasteiger partial charge in [0.05, 0.1) is 18.4 Å². The van der Waals surface area contributed by atoms with Gasteiger partial charge in [-0.15, -0.1) is 11.8 Å². The fourth-order valence-electron chi connectivity index (χ4n) is 3.66. The minimum absolute atomic E-state index is 0.231. The number of carbonyl (C=O) groups is 3. The lowest BCUT2D eigenvalue weighted by molar-refractivity contribution is -0.115. The maximum absolute atomic E-state index is 13.4. The quantitative estimate of drug-likeness (QED) is 0.256. The molecule has 4 aromatic carbocycles. The first kappa shape index (κ1) is 25.5. The Hall–Kier alpha value is -4.56. The molecule has 0 saturated carbocycles. The molecule has 0 bridgehead atoms. The van der Waals surface area contributed by atoms with Gasteiger partial charge in [-0.25, -0.2) is 0 Å². The molecule has 0 saturated heterocycles. The second-order valence-electron chi connectivity index (χ2n) is 8.02. The van der Waals surface area contributed by atoms with Gasteiger partial charge in [0.2, 0.25) is 5.91 Å². The van der Waals surface area contributed by atoms with Crippen LogP contribution in [-0.4, -0.2) is 24.8 Å². The van der Waals surface area contributed by atoms with Crippen LogP contribution in [0.4, 0.5) is 11.4 Å². The molecule has 8 heteroatoms. The highest BCUT2D eigenvalue weighted by atomic mass is 32.2. The van der Waals surface area contributed by atoms with E-state index in [1.807, 2.05) is 48.5 Å². The molecule has 0 aliphatic rings. The van der Waals surface area contributed by atoms with Gasteiger partial charge in [-0.2, -0.15) is 0 Å². The molecule has 0 aliphatic heterocycles. The molecule has 186 valence electrons. The molecule has 0 fully saturated rings. The van der Waals surface area contributed by atoms with Crippen LogP contribution in [0.1, 0.15) is 31.5 Å². The summed E-state index contributed by atoms with van der Waals surface area (Å²) in [4.78, 5) is 38.8. The van der Waals surface area contributed by atoms with E-state index in [1.165, 1.54) is 11.8 Å². The van der Waals surface area contributed by atoms with Gasteiger partial charge in [-0.1, -0.05) is 54.6 Å². The summed E-state index contributed by atoms with van der Waals surface area (Å²) in [5.74, 6) is -0.622. The Labute approximate surface area is 219 Å². The molecule has 4 N–H and O–H groups in total. The van der Waals surface area contributed by atoms with Gasteiger partial charge < -0.3 is 21.1 Å². The molecular formula is C29H25N3O4S. The van der Waals surface area contributed by atoms with E-state index in [9.17, 15) is 14.4 Å². The Morgan fingerprint density at radius 3 is 2.30 bits per heavy atom. The molecule has 0 radical (unpaired) electrons. The molecule has 37 heavy (non-hydrogen) atoms. The average Bonchev–Trinajstić information content (AvgIpc) is 2.92. The Balaban J connectivity index is 1.56. The van der Waals surface area contributed by atoms with Crippen LogP contribution in [0.15, 0.2) is 108 Å². The van der Waals surface area contributed by atoms with Gasteiger partial charge in [-0.05, 0) is 54.1 Å². The third-order valence-electron chi connectivity index (χ3n) is 5.47. The lowest BCUT2D eigenvalue weighted by Gasteiger charge is -2.18. The Morgan fingerprint density at radius 1 is 0.811 bits per heavy atom. The summed E-state index contributed by atoms with van der Waals surface area (Å²) >= 11 is 1.33. The highest BCUT2D eigenvalue weighted by Crippen LogP contribution is 2.37. The van der Waals surface area contributed by atoms with Crippen LogP contribution in [0, 0.1) is 0 Å². The zero-order chi connectivity index (χ0) is 26.2. The van der Waals surface area contributed by atoms with Crippen molar-refractivity contribution in [3.8, 4) is 5.75 Å². The summed E-state index contributed by atoms with van der Waals surface area (Å²) in [5.41, 5.74) is 7.89. The van der Waals surface area contributed by atoms with Crippen LogP contribution in [0.3, 0.4) is 0 Å². The first-order chi connectivity index (χ1) is 17.9. The number of benzene rings is 4. The summed E-state index contributed by atoms with van der Waals surface area (Å²) in [6.07, 6.45) is 0. The number of methoxy groups -OCH3 is 1. The third kappa shape index (κ3) is 6.56. The second kappa shape index (κ2) is 11.9. The lowest BCUT2D eigenvalue weighted by Crippen LogP contribution is -2.22. The van der Waals surface area contributed by atoms with Crippen molar-refractivity contribution in [2.45, 2.75) is 10.1 Å². The molecule has 7 nitrogen and oxygen atoms in total. The van der Waals surface area contributed by atoms with Crippen molar-refractivity contribution < 1.29 is 19.1 Å². The number of carbonyl (C=O) groups excluding carboxylic acids is 3. The molecule has 4 rings (SSSR count). The molecule has 1 atom stereocenters. The van der Waals surface area contributed by atoms with Crippen molar-refractivity contribution >= 4 is 40.9 Å². The van der Waals surface area contributed by atoms with E-state index in [-0.39, 0.29) is 17.4 Å². The minimum Gasteiger partial charge on any atom is -0.497 e. The normalized spacial score (nSPS) is 11.3. The zero-order valence-corrected chi connectivity index (χ0v) is 20.8. The van der Waals surface area contributed by atoms with Gasteiger partial charge in [-0.3, -0.25) is 14.4 Å². The molecule has 0 aromatic heterocycles. The topological polar surface area (TPSA) is 111 Å². The smallest absolute Gasteiger partial charge is 0.255 e. The third-order valence-corrected chi connectivity index (χ3v) is 6.72. The second-order valence-corrected chi connectivity index (χ2v) is 9.20. The van der Waals surface area contributed by atoms with Crippen molar-refractivity contribution in [3.63, 3.8) is 0 Å². The number of nitrogens with two attached hydrogens (primary N) is 1. The molecule has 0 aliphatic carbocycles. The van der Waals surface area contributed by atoms with Crippen molar-refractivity contribution in [1.29, 1.82) is 0 Å². The molecule has 3 amide bonds. The number of anilines is 2. The van der Waals surface area contributed by atoms with Crippen molar-refractivity contribution in [3.05, 3.63) is 120 Å². The van der Waals surface area contributed by atoms with Crippen LogP contribution >= 0.6 is 11.8 Å². The van der Waals surface area contributed by atoms with Crippen molar-refractivity contribution in [1.82, 2.24) is 0 Å². The van der Waals surface area contributed by atoms with Gasteiger partial charge in [0, 0.05) is 16.1 Å². The molecule has 0 heterocycles. The van der Waals surface area contributed by atoms with E-state index >= 15 is 0 Å². The van der Waals surface area contributed by atoms with Crippen LogP contribution < -0.4 is 21.1 Å². The fraction of sp³-hybridized carbons (Fsp3) is 0.0690. The maximum atomic E-state index is 13.4. The fourth-order valence-corrected chi connectivity index (χ4v) is 4.74. The van der Waals surface area contributed by atoms with E-state index in [4.69, 9.17) is 10.5 Å². The van der Waals surface area contributed by atoms with Crippen LogP contribution in [0.5, 0.6) is 5.75 Å². The van der Waals surface area contributed by atoms with E-state index in [0.29, 0.717) is 22.7 Å². The van der Waals surface area contributed by atoms with Crippen molar-refractivity contribution in [2.75, 3.05) is 17.7 Å². The first-order valence-electron chi connectivity index (χ1n) is 11.4. The minimum atomic E-state index is -0.633. The number of ether oxygens (including phenoxy) is 1. The summed E-state index contributed by atoms with van der Waals surface area (Å²) in [7, 11) is 1.55. The van der Waals surface area contributed by atoms with E-state index in [2.05, 4.69) is 10.6 Å². The molecule has 0 spiro atoms. The Morgan fingerprint density at radius 2 is 1.54 bits per heavy atom. The number of primary amides is 1. The zero-order valence-electron chi connectivity index (χ0n) is 20.0. The number of hydrogen-bond acceptors (Lipinski definition) is 5. The van der Waals surface area contributed by atoms with Crippen LogP contribution in [0.25, 0.3) is 0 Å². The Kier molecular flexibility index (Phi) is 8.22. The summed E-state index contributed by atoms with van der Waals surface area (Å²) in [6, 6.07) is 30.1. The predicted molar refractivity (Wildman–Crippen MR) is 146 cm³/mol. The van der Waals surface area contributed by atoms with E-state index in [1.54, 1.807) is 61.7 Å². The summed E-state index contributed by atoms with van der Waals surface area (Å²) < 4.78 is 5.20. The molecule has 1 unspecified atom stereocenters. The number of hydrogen-bond donors (Lipinski definition) is 3. The maximum Gasteiger partial charge on any atom is 0.255 e. The Bertz CT molecular complexity index is 1430. The standard InChI is InChI=1S/C29H25N3O4S/c1-36-22-13-7-11-20(17-22)28(34)31-21-12-8-14-23(18-21)37-26(19-9-3-2-4-10-19)29(35)32-25-16-6-5-15-24(25)27(30)33/h2-18,26H,1H3,(H2,30,33)(H,31,34)(H,32,35). The summed E-state index contributed by atoms with van der Waals surface area (Å²) in [5, 5.41) is 5.11. The van der Waals surface area contributed by atoms with Crippen LogP contribution in [0.2, 0.25) is 0 Å². The highest BCUT2D eigenvalue weighted by Gasteiger charge is 2.24. The average molecular weight is 512 g/mol.